The molecular weight excluding hydrogens is 254 g/mol. The van der Waals surface area contributed by atoms with Crippen LogP contribution in [0.5, 0.6) is 0 Å². The van der Waals surface area contributed by atoms with E-state index in [4.69, 9.17) is 4.42 Å². The third kappa shape index (κ3) is 3.12. The molecule has 0 aliphatic carbocycles. The zero-order valence-corrected chi connectivity index (χ0v) is 12.3. The topological polar surface area (TPSA) is 57.4 Å². The molecule has 2 aliphatic heterocycles. The molecule has 20 heavy (non-hydrogen) atoms. The van der Waals surface area contributed by atoms with E-state index in [2.05, 4.69) is 32.2 Å². The molecule has 1 N–H and O–H groups in total. The van der Waals surface area contributed by atoms with Crippen molar-refractivity contribution in [2.75, 3.05) is 37.6 Å². The maximum absolute atomic E-state index is 5.80. The van der Waals surface area contributed by atoms with E-state index in [1.165, 1.54) is 32.4 Å². The molecule has 1 unspecified atom stereocenters. The molecule has 1 aromatic rings. The molecule has 2 saturated heterocycles. The second-order valence-corrected chi connectivity index (χ2v) is 5.79. The fourth-order valence-corrected chi connectivity index (χ4v) is 3.20. The van der Waals surface area contributed by atoms with E-state index in [-0.39, 0.29) is 0 Å². The van der Waals surface area contributed by atoms with Crippen LogP contribution < -0.4 is 10.2 Å². The first-order chi connectivity index (χ1) is 9.86. The Labute approximate surface area is 120 Å². The number of hydrogen-bond acceptors (Lipinski definition) is 6. The molecule has 1 atom stereocenters. The van der Waals surface area contributed by atoms with Gasteiger partial charge in [-0.3, -0.25) is 4.90 Å². The van der Waals surface area contributed by atoms with E-state index in [0.29, 0.717) is 24.5 Å². The summed E-state index contributed by atoms with van der Waals surface area (Å²) < 4.78 is 5.80. The summed E-state index contributed by atoms with van der Waals surface area (Å²) in [5, 5.41) is 11.7. The van der Waals surface area contributed by atoms with E-state index < -0.39 is 0 Å². The zero-order valence-electron chi connectivity index (χ0n) is 12.3. The van der Waals surface area contributed by atoms with Gasteiger partial charge in [-0.1, -0.05) is 12.0 Å². The lowest BCUT2D eigenvalue weighted by atomic mass is 10.2. The Bertz CT molecular complexity index is 421. The van der Waals surface area contributed by atoms with Crippen LogP contribution in [-0.2, 0) is 6.54 Å². The number of hydrogen-bond donors (Lipinski definition) is 1. The van der Waals surface area contributed by atoms with Crippen LogP contribution in [0.2, 0.25) is 0 Å². The second kappa shape index (κ2) is 6.54. The van der Waals surface area contributed by atoms with Crippen LogP contribution >= 0.6 is 0 Å². The lowest BCUT2D eigenvalue weighted by molar-refractivity contribution is 0.272. The highest BCUT2D eigenvalue weighted by Gasteiger charge is 2.30. The number of fused-ring (bicyclic) bond motifs is 1. The van der Waals surface area contributed by atoms with Gasteiger partial charge in [-0.25, -0.2) is 0 Å². The first kappa shape index (κ1) is 13.8. The Morgan fingerprint density at radius 3 is 3.05 bits per heavy atom. The van der Waals surface area contributed by atoms with Crippen molar-refractivity contribution in [1.29, 1.82) is 0 Å². The summed E-state index contributed by atoms with van der Waals surface area (Å²) in [6, 6.07) is 1.37. The Hall–Kier alpha value is -1.14. The molecule has 3 heterocycles. The molecular formula is C14H25N5O. The van der Waals surface area contributed by atoms with Crippen molar-refractivity contribution < 1.29 is 4.42 Å². The fourth-order valence-electron chi connectivity index (χ4n) is 3.20. The fraction of sp³-hybridized carbons (Fsp3) is 0.857. The van der Waals surface area contributed by atoms with E-state index in [1.807, 2.05) is 0 Å². The van der Waals surface area contributed by atoms with E-state index in [0.717, 1.165) is 26.1 Å². The van der Waals surface area contributed by atoms with Crippen LogP contribution in [0.25, 0.3) is 0 Å². The van der Waals surface area contributed by atoms with E-state index >= 15 is 0 Å². The summed E-state index contributed by atoms with van der Waals surface area (Å²) in [5.74, 6) is 0.695. The molecule has 0 spiro atoms. The molecule has 2 aliphatic rings. The Morgan fingerprint density at radius 2 is 2.15 bits per heavy atom. The molecule has 1 aromatic heterocycles. The molecule has 0 radical (unpaired) electrons. The number of nitrogens with zero attached hydrogens (tertiary/aromatic N) is 4. The first-order valence-corrected chi connectivity index (χ1v) is 7.89. The predicted molar refractivity (Wildman–Crippen MR) is 77.7 cm³/mol. The second-order valence-electron chi connectivity index (χ2n) is 5.79. The van der Waals surface area contributed by atoms with Gasteiger partial charge in [0, 0.05) is 25.7 Å². The van der Waals surface area contributed by atoms with Crippen molar-refractivity contribution >= 4 is 6.01 Å². The van der Waals surface area contributed by atoms with Crippen LogP contribution in [0, 0.1) is 0 Å². The SMILES string of the molecule is CCCNCc1nnc(N2CCCN3CCCC3C2)o1. The predicted octanol–water partition coefficient (Wildman–Crippen LogP) is 1.24. The molecule has 0 saturated carbocycles. The number of nitrogens with one attached hydrogen (secondary N) is 1. The average Bonchev–Trinajstić information content (AvgIpc) is 3.05. The van der Waals surface area contributed by atoms with Gasteiger partial charge in [-0.2, -0.15) is 0 Å². The molecule has 0 amide bonds. The number of rotatable bonds is 5. The lowest BCUT2D eigenvalue weighted by Gasteiger charge is -2.24. The highest BCUT2D eigenvalue weighted by Crippen LogP contribution is 2.24. The van der Waals surface area contributed by atoms with Gasteiger partial charge in [0.1, 0.15) is 0 Å². The minimum Gasteiger partial charge on any atom is -0.407 e. The molecule has 0 aromatic carbocycles. The molecule has 0 bridgehead atoms. The maximum Gasteiger partial charge on any atom is 0.318 e. The van der Waals surface area contributed by atoms with Crippen LogP contribution in [0.15, 0.2) is 4.42 Å². The van der Waals surface area contributed by atoms with Crippen LogP contribution in [0.1, 0.15) is 38.5 Å². The summed E-state index contributed by atoms with van der Waals surface area (Å²) in [4.78, 5) is 4.88. The summed E-state index contributed by atoms with van der Waals surface area (Å²) in [5.41, 5.74) is 0. The van der Waals surface area contributed by atoms with Crippen molar-refractivity contribution in [2.45, 2.75) is 45.2 Å². The monoisotopic (exact) mass is 279 g/mol. The Balaban J connectivity index is 1.60. The van der Waals surface area contributed by atoms with Crippen molar-refractivity contribution in [1.82, 2.24) is 20.4 Å². The van der Waals surface area contributed by atoms with Gasteiger partial charge in [0.15, 0.2) is 0 Å². The molecule has 2 fully saturated rings. The lowest BCUT2D eigenvalue weighted by Crippen LogP contribution is -2.36. The van der Waals surface area contributed by atoms with Crippen molar-refractivity contribution in [3.8, 4) is 0 Å². The molecule has 112 valence electrons. The van der Waals surface area contributed by atoms with Crippen LogP contribution in [-0.4, -0.2) is 53.9 Å². The van der Waals surface area contributed by atoms with Crippen LogP contribution in [0.3, 0.4) is 0 Å². The highest BCUT2D eigenvalue weighted by atomic mass is 16.4. The van der Waals surface area contributed by atoms with Gasteiger partial charge >= 0.3 is 6.01 Å². The van der Waals surface area contributed by atoms with Crippen molar-refractivity contribution in [2.24, 2.45) is 0 Å². The zero-order chi connectivity index (χ0) is 13.8. The highest BCUT2D eigenvalue weighted by molar-refractivity contribution is 5.25. The van der Waals surface area contributed by atoms with Crippen molar-refractivity contribution in [3.05, 3.63) is 5.89 Å². The maximum atomic E-state index is 5.80. The van der Waals surface area contributed by atoms with Gasteiger partial charge in [0.05, 0.1) is 6.54 Å². The molecule has 6 nitrogen and oxygen atoms in total. The molecule has 6 heteroatoms. The number of anilines is 1. The Kier molecular flexibility index (Phi) is 4.52. The average molecular weight is 279 g/mol. The summed E-state index contributed by atoms with van der Waals surface area (Å²) in [7, 11) is 0. The minimum absolute atomic E-state index is 0.671. The first-order valence-electron chi connectivity index (χ1n) is 7.89. The van der Waals surface area contributed by atoms with Gasteiger partial charge in [0.2, 0.25) is 5.89 Å². The summed E-state index contributed by atoms with van der Waals surface area (Å²) >= 11 is 0. The third-order valence-corrected chi connectivity index (χ3v) is 4.23. The van der Waals surface area contributed by atoms with E-state index in [1.54, 1.807) is 0 Å². The van der Waals surface area contributed by atoms with Gasteiger partial charge in [-0.15, -0.1) is 5.10 Å². The van der Waals surface area contributed by atoms with Gasteiger partial charge in [-0.05, 0) is 38.8 Å². The quantitative estimate of drug-likeness (QED) is 0.819. The van der Waals surface area contributed by atoms with Crippen molar-refractivity contribution in [3.63, 3.8) is 0 Å². The largest absolute Gasteiger partial charge is 0.407 e. The van der Waals surface area contributed by atoms with Crippen LogP contribution in [0.4, 0.5) is 6.01 Å². The van der Waals surface area contributed by atoms with E-state index in [9.17, 15) is 0 Å². The Morgan fingerprint density at radius 1 is 1.25 bits per heavy atom. The normalized spacial score (nSPS) is 23.9. The smallest absolute Gasteiger partial charge is 0.318 e. The summed E-state index contributed by atoms with van der Waals surface area (Å²) in [6.07, 6.45) is 4.93. The summed E-state index contributed by atoms with van der Waals surface area (Å²) in [6.45, 7) is 8.33. The van der Waals surface area contributed by atoms with Gasteiger partial charge < -0.3 is 14.6 Å². The number of aromatic nitrogens is 2. The standard InChI is InChI=1S/C14H25N5O/c1-2-6-15-10-13-16-17-14(20-13)19-9-4-8-18-7-3-5-12(18)11-19/h12,15H,2-11H2,1H3. The molecule has 3 rings (SSSR count). The third-order valence-electron chi connectivity index (χ3n) is 4.23. The van der Waals surface area contributed by atoms with Gasteiger partial charge in [0.25, 0.3) is 0 Å². The minimum atomic E-state index is 0.671.